The van der Waals surface area contributed by atoms with Crippen LogP contribution in [-0.4, -0.2) is 38.7 Å². The van der Waals surface area contributed by atoms with E-state index in [1.54, 1.807) is 16.0 Å². The Balaban J connectivity index is 1.32. The van der Waals surface area contributed by atoms with Crippen LogP contribution in [0.15, 0.2) is 36.7 Å². The van der Waals surface area contributed by atoms with E-state index in [4.69, 9.17) is 4.98 Å². The fourth-order valence-corrected chi connectivity index (χ4v) is 4.59. The van der Waals surface area contributed by atoms with E-state index in [0.717, 1.165) is 43.4 Å². The van der Waals surface area contributed by atoms with Gasteiger partial charge in [-0.1, -0.05) is 12.1 Å². The molecule has 0 spiro atoms. The predicted octanol–water partition coefficient (Wildman–Crippen LogP) is 3.37. The van der Waals surface area contributed by atoms with Crippen molar-refractivity contribution in [3.63, 3.8) is 0 Å². The molecular formula is C19H22N4OS. The summed E-state index contributed by atoms with van der Waals surface area (Å²) in [5, 5.41) is 5.38. The largest absolute Gasteiger partial charge is 0.343 e. The van der Waals surface area contributed by atoms with Crippen LogP contribution in [0.5, 0.6) is 0 Å². The van der Waals surface area contributed by atoms with Crippen LogP contribution in [0.1, 0.15) is 35.8 Å². The standard InChI is InChI=1S/C19H22N4OS/c1-22-13-14(12-20-22)6-7-18(24)23-10-8-15(9-11-23)19-21-16-4-2-3-5-17(16)25-19/h2-5,12-13,15H,6-11H2,1H3. The Bertz CT molecular complexity index is 843. The summed E-state index contributed by atoms with van der Waals surface area (Å²) in [7, 11) is 1.90. The van der Waals surface area contributed by atoms with E-state index < -0.39 is 0 Å². The highest BCUT2D eigenvalue weighted by Gasteiger charge is 2.25. The molecule has 3 heterocycles. The first-order chi connectivity index (χ1) is 12.2. The zero-order chi connectivity index (χ0) is 17.2. The van der Waals surface area contributed by atoms with Gasteiger partial charge in [0.2, 0.25) is 5.91 Å². The van der Waals surface area contributed by atoms with Gasteiger partial charge in [0.05, 0.1) is 21.4 Å². The van der Waals surface area contributed by atoms with Gasteiger partial charge in [0.25, 0.3) is 0 Å². The Morgan fingerprint density at radius 1 is 1.28 bits per heavy atom. The Labute approximate surface area is 151 Å². The van der Waals surface area contributed by atoms with Crippen LogP contribution in [-0.2, 0) is 18.3 Å². The number of rotatable bonds is 4. The fraction of sp³-hybridized carbons (Fsp3) is 0.421. The summed E-state index contributed by atoms with van der Waals surface area (Å²) in [5.74, 6) is 0.742. The number of thiazole rings is 1. The van der Waals surface area contributed by atoms with E-state index in [-0.39, 0.29) is 5.91 Å². The quantitative estimate of drug-likeness (QED) is 0.722. The van der Waals surface area contributed by atoms with Crippen molar-refractivity contribution in [3.05, 3.63) is 47.2 Å². The van der Waals surface area contributed by atoms with Crippen LogP contribution in [0, 0.1) is 0 Å². The number of carbonyl (C=O) groups excluding carboxylic acids is 1. The van der Waals surface area contributed by atoms with Crippen LogP contribution in [0.4, 0.5) is 0 Å². The van der Waals surface area contributed by atoms with E-state index in [1.807, 2.05) is 30.4 Å². The maximum absolute atomic E-state index is 12.4. The van der Waals surface area contributed by atoms with Gasteiger partial charge in [0.15, 0.2) is 0 Å². The highest BCUT2D eigenvalue weighted by Crippen LogP contribution is 2.33. The molecule has 6 heteroatoms. The minimum Gasteiger partial charge on any atom is -0.343 e. The van der Waals surface area contributed by atoms with Gasteiger partial charge in [-0.2, -0.15) is 5.10 Å². The molecule has 3 aromatic rings. The summed E-state index contributed by atoms with van der Waals surface area (Å²) in [6.07, 6.45) is 7.18. The summed E-state index contributed by atoms with van der Waals surface area (Å²) in [4.78, 5) is 19.3. The third-order valence-corrected chi connectivity index (χ3v) is 6.09. The first kappa shape index (κ1) is 16.3. The van der Waals surface area contributed by atoms with E-state index in [2.05, 4.69) is 23.3 Å². The topological polar surface area (TPSA) is 51.0 Å². The molecule has 0 saturated carbocycles. The second-order valence-corrected chi connectivity index (χ2v) is 7.76. The number of benzene rings is 1. The molecular weight excluding hydrogens is 332 g/mol. The van der Waals surface area contributed by atoms with Crippen LogP contribution in [0.3, 0.4) is 0 Å². The molecule has 0 unspecified atom stereocenters. The van der Waals surface area contributed by atoms with Crippen LogP contribution in [0.25, 0.3) is 10.2 Å². The SMILES string of the molecule is Cn1cc(CCC(=O)N2CCC(c3nc4ccccc4s3)CC2)cn1. The number of carbonyl (C=O) groups is 1. The lowest BCUT2D eigenvalue weighted by Gasteiger charge is -2.31. The molecule has 130 valence electrons. The minimum absolute atomic E-state index is 0.256. The number of aryl methyl sites for hydroxylation is 2. The molecule has 1 amide bonds. The van der Waals surface area contributed by atoms with Crippen LogP contribution in [0.2, 0.25) is 0 Å². The van der Waals surface area contributed by atoms with Crippen molar-refractivity contribution in [2.75, 3.05) is 13.1 Å². The Morgan fingerprint density at radius 2 is 2.08 bits per heavy atom. The lowest BCUT2D eigenvalue weighted by atomic mass is 9.97. The second kappa shape index (κ2) is 6.96. The maximum Gasteiger partial charge on any atom is 0.222 e. The van der Waals surface area contributed by atoms with Gasteiger partial charge in [0.1, 0.15) is 0 Å². The summed E-state index contributed by atoms with van der Waals surface area (Å²) in [6.45, 7) is 1.68. The first-order valence-electron chi connectivity index (χ1n) is 8.80. The predicted molar refractivity (Wildman–Crippen MR) is 99.7 cm³/mol. The lowest BCUT2D eigenvalue weighted by Crippen LogP contribution is -2.38. The number of hydrogen-bond donors (Lipinski definition) is 0. The summed E-state index contributed by atoms with van der Waals surface area (Å²) in [6, 6.07) is 8.31. The normalized spacial score (nSPS) is 15.8. The van der Waals surface area contributed by atoms with Gasteiger partial charge in [0, 0.05) is 38.7 Å². The molecule has 2 aromatic heterocycles. The first-order valence-corrected chi connectivity index (χ1v) is 9.61. The highest BCUT2D eigenvalue weighted by molar-refractivity contribution is 7.18. The monoisotopic (exact) mass is 354 g/mol. The average molecular weight is 354 g/mol. The zero-order valence-corrected chi connectivity index (χ0v) is 15.2. The summed E-state index contributed by atoms with van der Waals surface area (Å²) < 4.78 is 3.04. The van der Waals surface area contributed by atoms with E-state index in [1.165, 1.54) is 9.71 Å². The number of likely N-dealkylation sites (tertiary alicyclic amines) is 1. The van der Waals surface area contributed by atoms with E-state index >= 15 is 0 Å². The van der Waals surface area contributed by atoms with Crippen molar-refractivity contribution in [3.8, 4) is 0 Å². The number of aromatic nitrogens is 3. The molecule has 0 radical (unpaired) electrons. The van der Waals surface area contributed by atoms with Crippen LogP contribution < -0.4 is 0 Å². The van der Waals surface area contributed by atoms with E-state index in [9.17, 15) is 4.79 Å². The van der Waals surface area contributed by atoms with E-state index in [0.29, 0.717) is 12.3 Å². The van der Waals surface area contributed by atoms with Crippen LogP contribution >= 0.6 is 11.3 Å². The molecule has 1 fully saturated rings. The van der Waals surface area contributed by atoms with Gasteiger partial charge >= 0.3 is 0 Å². The Hall–Kier alpha value is -2.21. The molecule has 0 N–H and O–H groups in total. The second-order valence-electron chi connectivity index (χ2n) is 6.70. The van der Waals surface area contributed by atoms with Gasteiger partial charge in [-0.05, 0) is 37.0 Å². The zero-order valence-electron chi connectivity index (χ0n) is 14.4. The third-order valence-electron chi connectivity index (χ3n) is 4.89. The number of nitrogens with zero attached hydrogens (tertiary/aromatic N) is 4. The number of amides is 1. The number of hydrogen-bond acceptors (Lipinski definition) is 4. The van der Waals surface area contributed by atoms with Crippen molar-refractivity contribution in [1.82, 2.24) is 19.7 Å². The van der Waals surface area contributed by atoms with Crippen molar-refractivity contribution in [1.29, 1.82) is 0 Å². The van der Waals surface area contributed by atoms with Gasteiger partial charge in [-0.25, -0.2) is 4.98 Å². The van der Waals surface area contributed by atoms with Gasteiger partial charge < -0.3 is 4.90 Å². The third kappa shape index (κ3) is 3.58. The Morgan fingerprint density at radius 3 is 2.80 bits per heavy atom. The molecule has 0 aliphatic carbocycles. The van der Waals surface area contributed by atoms with Crippen molar-refractivity contribution in [2.24, 2.45) is 7.05 Å². The molecule has 0 atom stereocenters. The number of fused-ring (bicyclic) bond motifs is 1. The minimum atomic E-state index is 0.256. The van der Waals surface area contributed by atoms with Gasteiger partial charge in [-0.3, -0.25) is 9.48 Å². The number of piperidine rings is 1. The molecule has 1 aliphatic heterocycles. The summed E-state index contributed by atoms with van der Waals surface area (Å²) in [5.41, 5.74) is 2.22. The smallest absolute Gasteiger partial charge is 0.222 e. The van der Waals surface area contributed by atoms with Crippen molar-refractivity contribution in [2.45, 2.75) is 31.6 Å². The van der Waals surface area contributed by atoms with Gasteiger partial charge in [-0.15, -0.1) is 11.3 Å². The fourth-order valence-electron chi connectivity index (χ4n) is 3.45. The highest BCUT2D eigenvalue weighted by atomic mass is 32.1. The average Bonchev–Trinajstić information content (AvgIpc) is 3.25. The molecule has 5 nitrogen and oxygen atoms in total. The lowest BCUT2D eigenvalue weighted by molar-refractivity contribution is -0.132. The van der Waals surface area contributed by atoms with Crippen molar-refractivity contribution >= 4 is 27.5 Å². The molecule has 4 rings (SSSR count). The Kier molecular flexibility index (Phi) is 4.53. The molecule has 25 heavy (non-hydrogen) atoms. The molecule has 1 aliphatic rings. The molecule has 0 bridgehead atoms. The molecule has 1 aromatic carbocycles. The number of para-hydroxylation sites is 1. The maximum atomic E-state index is 12.4. The summed E-state index contributed by atoms with van der Waals surface area (Å²) >= 11 is 1.80. The van der Waals surface area contributed by atoms with Crippen molar-refractivity contribution < 1.29 is 4.79 Å². The molecule has 1 saturated heterocycles.